The fraction of sp³-hybridized carbons (Fsp3) is 0.929. The molecule has 0 aromatic rings. The van der Waals surface area contributed by atoms with Crippen LogP contribution in [0.4, 0.5) is 0 Å². The zero-order valence-electron chi connectivity index (χ0n) is 19.7. The summed E-state index contributed by atoms with van der Waals surface area (Å²) >= 11 is 0. The molecule has 174 valence electrons. The van der Waals surface area contributed by atoms with Gasteiger partial charge in [-0.1, -0.05) is 0 Å². The zero-order valence-corrected chi connectivity index (χ0v) is 20.8. The molecule has 0 N–H and O–H groups in total. The van der Waals surface area contributed by atoms with Gasteiger partial charge in [0.1, 0.15) is 0 Å². The Kier molecular flexibility index (Phi) is 1.37. The Morgan fingerprint density at radius 3 is 1.19 bits per heavy atom. The minimum absolute atomic E-state index is 0.272. The Morgan fingerprint density at radius 2 is 0.871 bits per heavy atom. The van der Waals surface area contributed by atoms with Crippen molar-refractivity contribution in [1.82, 2.24) is 0 Å². The number of carbonyl (C=O) groups is 2. The standard InChI is InChI=1S/2C14H21O.Fe/c2*1-2-3-4-5-6-7-12-14(15)13-10-8-9-11-13;/h2*8-11H,2-7,12H2,1H3;. The third-order valence-electron chi connectivity index (χ3n) is 19.2. The Bertz CT molecular complexity index is 1210. The van der Waals surface area contributed by atoms with Gasteiger partial charge in [0.25, 0.3) is 0 Å². The summed E-state index contributed by atoms with van der Waals surface area (Å²) in [4.78, 5) is 35.8. The van der Waals surface area contributed by atoms with Crippen LogP contribution in [-0.4, -0.2) is 11.6 Å². The van der Waals surface area contributed by atoms with Gasteiger partial charge in [-0.2, -0.15) is 0 Å². The maximum atomic E-state index is 13.9. The minimum atomic E-state index is -3.86. The number of carbonyl (C=O) groups excluding carboxylic acids is 2. The van der Waals surface area contributed by atoms with Gasteiger partial charge in [-0.3, -0.25) is 0 Å². The summed E-state index contributed by atoms with van der Waals surface area (Å²) in [7, 11) is 0. The molecule has 3 heteroatoms. The first-order valence-corrected chi connectivity index (χ1v) is 20.4. The summed E-state index contributed by atoms with van der Waals surface area (Å²) in [5.41, 5.74) is 0. The molecule has 0 radical (unpaired) electrons. The number of ketones is 2. The molecule has 10 rings (SSSR count). The van der Waals surface area contributed by atoms with E-state index in [4.69, 9.17) is 0 Å². The van der Waals surface area contributed by atoms with Crippen LogP contribution in [0, 0.1) is 0 Å². The SMILES string of the molecule is CCCCCCCCC(=O)[C]12[CH]3[CH]4[CH]5[CH]1[Fe]45321678[CH]2[CH]1[CH]6[C]7(C(=O)CCCCCCCC)[CH]28. The van der Waals surface area contributed by atoms with E-state index in [1.807, 2.05) is 0 Å². The molecular formula is C28H42FeO2. The van der Waals surface area contributed by atoms with Crippen molar-refractivity contribution < 1.29 is 16.1 Å². The Balaban J connectivity index is 0.916. The van der Waals surface area contributed by atoms with Gasteiger partial charge in [-0.05, 0) is 0 Å². The van der Waals surface area contributed by atoms with Crippen LogP contribution in [0.1, 0.15) is 104 Å². The van der Waals surface area contributed by atoms with Gasteiger partial charge in [-0.25, -0.2) is 0 Å². The Hall–Kier alpha value is -0.141. The number of Topliss-reactive ketones (excluding diaryl/α,β-unsaturated/α-hetero) is 2. The van der Waals surface area contributed by atoms with Crippen molar-refractivity contribution in [2.24, 2.45) is 0 Å². The molecule has 10 aliphatic rings. The fourth-order valence-electron chi connectivity index (χ4n) is 20.6. The zero-order chi connectivity index (χ0) is 21.0. The van der Waals surface area contributed by atoms with E-state index < -0.39 is 6.51 Å². The van der Waals surface area contributed by atoms with Gasteiger partial charge >= 0.3 is 179 Å². The van der Waals surface area contributed by atoms with Crippen molar-refractivity contribution in [3.05, 3.63) is 0 Å². The predicted molar refractivity (Wildman–Crippen MR) is 121 cm³/mol. The first kappa shape index (κ1) is 17.3. The summed E-state index contributed by atoms with van der Waals surface area (Å²) in [6, 6.07) is 0. The van der Waals surface area contributed by atoms with E-state index in [0.717, 1.165) is 75.8 Å². The summed E-state index contributed by atoms with van der Waals surface area (Å²) < 4.78 is 0.545. The van der Waals surface area contributed by atoms with Gasteiger partial charge in [0.05, 0.1) is 0 Å². The van der Waals surface area contributed by atoms with E-state index in [9.17, 15) is 9.59 Å². The van der Waals surface area contributed by atoms with Gasteiger partial charge in [0.2, 0.25) is 0 Å². The summed E-state index contributed by atoms with van der Waals surface area (Å²) in [5, 5.41) is 0. The third kappa shape index (κ3) is 0.360. The molecule has 31 heavy (non-hydrogen) atoms. The van der Waals surface area contributed by atoms with Crippen molar-refractivity contribution in [1.29, 1.82) is 0 Å². The number of hydrogen-bond donors (Lipinski definition) is 0. The second-order valence-electron chi connectivity index (χ2n) is 15.7. The molecule has 10 aliphatic heterocycles. The quantitative estimate of drug-likeness (QED) is 0.168. The van der Waals surface area contributed by atoms with E-state index in [2.05, 4.69) is 13.8 Å². The van der Waals surface area contributed by atoms with Crippen LogP contribution < -0.4 is 0 Å². The monoisotopic (exact) mass is 466 g/mol. The van der Waals surface area contributed by atoms with Gasteiger partial charge < -0.3 is 0 Å². The molecule has 0 saturated carbocycles. The number of rotatable bonds is 16. The molecule has 2 nitrogen and oxygen atoms in total. The van der Waals surface area contributed by atoms with E-state index >= 15 is 0 Å². The predicted octanol–water partition coefficient (Wildman–Crippen LogP) is 8.76. The third-order valence-corrected chi connectivity index (χ3v) is 61.9. The second-order valence-corrected chi connectivity index (χ2v) is 38.9. The molecule has 0 amide bonds. The molecular weight excluding hydrogens is 424 g/mol. The molecule has 1 spiro atoms. The molecule has 8 unspecified atom stereocenters. The molecule has 8 atom stereocenters. The average Bonchev–Trinajstić information content (AvgIpc) is 3.71. The van der Waals surface area contributed by atoms with Crippen LogP contribution in [0.3, 0.4) is 0 Å². The molecule has 0 aromatic heterocycles. The van der Waals surface area contributed by atoms with Crippen LogP contribution in [0.15, 0.2) is 0 Å². The first-order chi connectivity index (χ1) is 14.9. The number of fused-ring (bicyclic) bond motifs is 10. The van der Waals surface area contributed by atoms with E-state index in [1.165, 1.54) is 64.2 Å². The van der Waals surface area contributed by atoms with Crippen LogP contribution >= 0.6 is 0 Å². The van der Waals surface area contributed by atoms with Crippen molar-refractivity contribution in [2.75, 3.05) is 0 Å². The first-order valence-electron chi connectivity index (χ1n) is 14.2. The molecule has 10 fully saturated rings. The number of unbranched alkanes of at least 4 members (excludes halogenated alkanes) is 10. The van der Waals surface area contributed by atoms with Crippen molar-refractivity contribution in [3.63, 3.8) is 0 Å². The normalized spacial score (nSPS) is 73.0. The van der Waals surface area contributed by atoms with Crippen molar-refractivity contribution >= 4 is 11.6 Å². The molecule has 10 saturated heterocycles. The second kappa shape index (κ2) is 2.44. The van der Waals surface area contributed by atoms with E-state index in [0.29, 0.717) is 0 Å². The topological polar surface area (TPSA) is 34.1 Å². The molecule has 10 heterocycles. The summed E-state index contributed by atoms with van der Waals surface area (Å²) in [6.45, 7) is 0.681. The maximum absolute atomic E-state index is 13.9. The van der Waals surface area contributed by atoms with Crippen LogP contribution in [0.25, 0.3) is 0 Å². The van der Waals surface area contributed by atoms with E-state index in [-0.39, 0.29) is 8.63 Å². The molecule has 0 bridgehead atoms. The van der Waals surface area contributed by atoms with Gasteiger partial charge in [0.15, 0.2) is 0 Å². The Labute approximate surface area is 178 Å². The molecule has 0 aromatic carbocycles. The van der Waals surface area contributed by atoms with Crippen molar-refractivity contribution in [2.45, 2.75) is 151 Å². The van der Waals surface area contributed by atoms with Crippen LogP contribution in [-0.2, 0) is 16.1 Å². The van der Waals surface area contributed by atoms with E-state index in [1.54, 1.807) is 0 Å². The van der Waals surface area contributed by atoms with Crippen LogP contribution in [0.5, 0.6) is 0 Å². The fourth-order valence-corrected chi connectivity index (χ4v) is 96.6. The van der Waals surface area contributed by atoms with Crippen molar-refractivity contribution in [3.8, 4) is 0 Å². The average molecular weight is 466 g/mol. The van der Waals surface area contributed by atoms with Crippen LogP contribution in [0.2, 0.25) is 47.2 Å². The summed E-state index contributed by atoms with van der Waals surface area (Å²) in [5.74, 6) is 1.53. The molecule has 0 aliphatic carbocycles. The van der Waals surface area contributed by atoms with Gasteiger partial charge in [-0.15, -0.1) is 0 Å². The Morgan fingerprint density at radius 1 is 0.548 bits per heavy atom. The number of hydrogen-bond acceptors (Lipinski definition) is 2. The van der Waals surface area contributed by atoms with Gasteiger partial charge in [0, 0.05) is 0 Å². The summed E-state index contributed by atoms with van der Waals surface area (Å²) in [6.07, 6.45) is 17.2.